The van der Waals surface area contributed by atoms with Crippen molar-refractivity contribution in [3.8, 4) is 0 Å². The first-order valence-corrected chi connectivity index (χ1v) is 11.7. The van der Waals surface area contributed by atoms with Gasteiger partial charge in [0, 0.05) is 25.2 Å². The quantitative estimate of drug-likeness (QED) is 0.751. The molecule has 0 saturated carbocycles. The third-order valence-corrected chi connectivity index (χ3v) is 9.06. The Bertz CT molecular complexity index is 774. The average molecular weight is 389 g/mol. The number of benzene rings is 1. The van der Waals surface area contributed by atoms with E-state index >= 15 is 0 Å². The molecule has 0 aromatic heterocycles. The van der Waals surface area contributed by atoms with Crippen LogP contribution in [0.2, 0.25) is 0 Å². The van der Waals surface area contributed by atoms with Crippen molar-refractivity contribution >= 4 is 20.0 Å². The summed E-state index contributed by atoms with van der Waals surface area (Å²) in [5.41, 5.74) is 0. The summed E-state index contributed by atoms with van der Waals surface area (Å²) in [6.07, 6.45) is 2.71. The Balaban J connectivity index is 2.36. The summed E-state index contributed by atoms with van der Waals surface area (Å²) in [5.74, 6) is 0. The second-order valence-corrected chi connectivity index (χ2v) is 10.3. The van der Waals surface area contributed by atoms with Gasteiger partial charge in [-0.1, -0.05) is 20.3 Å². The molecule has 0 amide bonds. The zero-order chi connectivity index (χ0) is 18.8. The van der Waals surface area contributed by atoms with Crippen LogP contribution in [0.4, 0.5) is 0 Å². The van der Waals surface area contributed by atoms with Gasteiger partial charge in [0.2, 0.25) is 20.0 Å². The molecule has 1 aromatic rings. The fourth-order valence-corrected chi connectivity index (χ4v) is 6.83. The highest BCUT2D eigenvalue weighted by molar-refractivity contribution is 7.89. The van der Waals surface area contributed by atoms with Crippen molar-refractivity contribution < 1.29 is 16.8 Å². The minimum Gasteiger partial charge on any atom is -0.207 e. The summed E-state index contributed by atoms with van der Waals surface area (Å²) < 4.78 is 53.9. The van der Waals surface area contributed by atoms with Crippen LogP contribution in [0.25, 0.3) is 0 Å². The summed E-state index contributed by atoms with van der Waals surface area (Å²) in [5, 5.41) is 0. The minimum absolute atomic E-state index is 0.0483. The van der Waals surface area contributed by atoms with Crippen molar-refractivity contribution in [1.82, 2.24) is 8.61 Å². The number of hydrogen-bond donors (Lipinski definition) is 0. The molecule has 6 nitrogen and oxygen atoms in total. The van der Waals surface area contributed by atoms with Gasteiger partial charge in [-0.05, 0) is 51.0 Å². The van der Waals surface area contributed by atoms with Crippen LogP contribution in [0.1, 0.15) is 47.0 Å². The number of hydrogen-bond acceptors (Lipinski definition) is 4. The summed E-state index contributed by atoms with van der Waals surface area (Å²) in [6, 6.07) is 5.49. The van der Waals surface area contributed by atoms with E-state index in [1.165, 1.54) is 28.6 Å². The molecule has 1 aliphatic rings. The Morgan fingerprint density at radius 3 is 1.80 bits per heavy atom. The van der Waals surface area contributed by atoms with Crippen LogP contribution in [0.15, 0.2) is 34.1 Å². The maximum absolute atomic E-state index is 13.0. The van der Waals surface area contributed by atoms with Gasteiger partial charge >= 0.3 is 0 Å². The topological polar surface area (TPSA) is 74.8 Å². The van der Waals surface area contributed by atoms with Gasteiger partial charge in [0.05, 0.1) is 9.79 Å². The van der Waals surface area contributed by atoms with Gasteiger partial charge < -0.3 is 0 Å². The summed E-state index contributed by atoms with van der Waals surface area (Å²) in [6.45, 7) is 8.15. The fraction of sp³-hybridized carbons (Fsp3) is 0.647. The van der Waals surface area contributed by atoms with E-state index in [1.54, 1.807) is 18.2 Å². The lowest BCUT2D eigenvalue weighted by Crippen LogP contribution is -2.47. The average Bonchev–Trinajstić information content (AvgIpc) is 2.55. The largest absolute Gasteiger partial charge is 0.243 e. The first-order valence-electron chi connectivity index (χ1n) is 8.80. The van der Waals surface area contributed by atoms with E-state index in [9.17, 15) is 16.8 Å². The standard InChI is InChI=1S/C17H28N2O4S2/c1-5-18(6-2)24(20,21)16-10-12-17(13-11-16)25(22,23)19-14(3)8-7-9-15(19)4/h10-15H,5-9H2,1-4H3. The molecule has 1 heterocycles. The van der Waals surface area contributed by atoms with E-state index in [4.69, 9.17) is 0 Å². The molecule has 1 aromatic carbocycles. The molecule has 0 spiro atoms. The zero-order valence-electron chi connectivity index (χ0n) is 15.3. The summed E-state index contributed by atoms with van der Waals surface area (Å²) in [7, 11) is -7.21. The Labute approximate surface area is 151 Å². The maximum Gasteiger partial charge on any atom is 0.243 e. The molecule has 1 aliphatic heterocycles. The molecule has 0 bridgehead atoms. The first-order chi connectivity index (χ1) is 11.7. The van der Waals surface area contributed by atoms with E-state index in [0.29, 0.717) is 13.1 Å². The van der Waals surface area contributed by atoms with Crippen molar-refractivity contribution in [3.05, 3.63) is 24.3 Å². The third kappa shape index (κ3) is 3.92. The minimum atomic E-state index is -3.63. The van der Waals surface area contributed by atoms with Crippen molar-refractivity contribution in [1.29, 1.82) is 0 Å². The Hall–Kier alpha value is -0.960. The molecule has 8 heteroatoms. The third-order valence-electron chi connectivity index (χ3n) is 4.85. The van der Waals surface area contributed by atoms with E-state index in [-0.39, 0.29) is 21.9 Å². The fourth-order valence-electron chi connectivity index (χ4n) is 3.49. The number of piperidine rings is 1. The zero-order valence-corrected chi connectivity index (χ0v) is 17.0. The lowest BCUT2D eigenvalue weighted by atomic mass is 10.0. The predicted molar refractivity (Wildman–Crippen MR) is 98.3 cm³/mol. The molecule has 0 N–H and O–H groups in total. The van der Waals surface area contributed by atoms with Crippen LogP contribution in [-0.2, 0) is 20.0 Å². The molecule has 2 rings (SSSR count). The van der Waals surface area contributed by atoms with Crippen molar-refractivity contribution in [3.63, 3.8) is 0 Å². The van der Waals surface area contributed by atoms with Crippen LogP contribution in [0.3, 0.4) is 0 Å². The van der Waals surface area contributed by atoms with Crippen molar-refractivity contribution in [2.45, 2.75) is 68.8 Å². The van der Waals surface area contributed by atoms with E-state index in [0.717, 1.165) is 19.3 Å². The van der Waals surface area contributed by atoms with Gasteiger partial charge in [-0.2, -0.15) is 8.61 Å². The van der Waals surface area contributed by atoms with Crippen molar-refractivity contribution in [2.24, 2.45) is 0 Å². The molecule has 142 valence electrons. The monoisotopic (exact) mass is 388 g/mol. The molecule has 2 atom stereocenters. The number of rotatable bonds is 6. The van der Waals surface area contributed by atoms with Crippen LogP contribution in [0, 0.1) is 0 Å². The van der Waals surface area contributed by atoms with E-state index < -0.39 is 20.0 Å². The Kier molecular flexibility index (Phi) is 6.30. The Morgan fingerprint density at radius 2 is 1.36 bits per heavy atom. The number of sulfonamides is 2. The lowest BCUT2D eigenvalue weighted by molar-refractivity contribution is 0.204. The van der Waals surface area contributed by atoms with Gasteiger partial charge in [0.25, 0.3) is 0 Å². The van der Waals surface area contributed by atoms with Crippen LogP contribution in [-0.4, -0.2) is 50.6 Å². The molecular weight excluding hydrogens is 360 g/mol. The second kappa shape index (κ2) is 7.73. The molecular formula is C17H28N2O4S2. The first kappa shape index (κ1) is 20.4. The highest BCUT2D eigenvalue weighted by Gasteiger charge is 2.35. The normalized spacial score (nSPS) is 23.1. The van der Waals surface area contributed by atoms with Gasteiger partial charge in [-0.15, -0.1) is 0 Å². The van der Waals surface area contributed by atoms with Crippen LogP contribution < -0.4 is 0 Å². The lowest BCUT2D eigenvalue weighted by Gasteiger charge is -2.37. The van der Waals surface area contributed by atoms with E-state index in [2.05, 4.69) is 0 Å². The smallest absolute Gasteiger partial charge is 0.207 e. The molecule has 1 saturated heterocycles. The van der Waals surface area contributed by atoms with Crippen LogP contribution in [0.5, 0.6) is 0 Å². The van der Waals surface area contributed by atoms with E-state index in [1.807, 2.05) is 13.8 Å². The molecule has 0 aliphatic carbocycles. The predicted octanol–water partition coefficient (Wildman–Crippen LogP) is 2.67. The highest BCUT2D eigenvalue weighted by Crippen LogP contribution is 2.30. The van der Waals surface area contributed by atoms with Gasteiger partial charge in [-0.25, -0.2) is 16.8 Å². The SMILES string of the molecule is CCN(CC)S(=O)(=O)c1ccc(S(=O)(=O)N2C(C)CCCC2C)cc1. The van der Waals surface area contributed by atoms with Gasteiger partial charge in [0.15, 0.2) is 0 Å². The molecule has 0 radical (unpaired) electrons. The molecule has 25 heavy (non-hydrogen) atoms. The van der Waals surface area contributed by atoms with Gasteiger partial charge in [-0.3, -0.25) is 0 Å². The number of nitrogens with zero attached hydrogens (tertiary/aromatic N) is 2. The highest BCUT2D eigenvalue weighted by atomic mass is 32.2. The summed E-state index contributed by atoms with van der Waals surface area (Å²) in [4.78, 5) is 0.265. The molecule has 1 fully saturated rings. The second-order valence-electron chi connectivity index (χ2n) is 6.52. The maximum atomic E-state index is 13.0. The van der Waals surface area contributed by atoms with Crippen LogP contribution >= 0.6 is 0 Å². The van der Waals surface area contributed by atoms with Crippen molar-refractivity contribution in [2.75, 3.05) is 13.1 Å². The van der Waals surface area contributed by atoms with Gasteiger partial charge in [0.1, 0.15) is 0 Å². The molecule has 2 unspecified atom stereocenters. The summed E-state index contributed by atoms with van der Waals surface area (Å²) >= 11 is 0. The Morgan fingerprint density at radius 1 is 0.920 bits per heavy atom.